The van der Waals surface area contributed by atoms with Crippen molar-refractivity contribution in [3.63, 3.8) is 0 Å². The second-order valence-corrected chi connectivity index (χ2v) is 3.98. The van der Waals surface area contributed by atoms with Crippen molar-refractivity contribution < 1.29 is 4.79 Å². The molecular formula is C13H14N2O. The number of hydrogen-bond acceptors (Lipinski definition) is 2. The predicted molar refractivity (Wildman–Crippen MR) is 64.1 cm³/mol. The van der Waals surface area contributed by atoms with E-state index in [2.05, 4.69) is 4.98 Å². The predicted octanol–water partition coefficient (Wildman–Crippen LogP) is 2.13. The normalized spacial score (nSPS) is 12.6. The van der Waals surface area contributed by atoms with Gasteiger partial charge in [0.1, 0.15) is 0 Å². The highest BCUT2D eigenvalue weighted by molar-refractivity contribution is 5.87. The van der Waals surface area contributed by atoms with Gasteiger partial charge in [-0.25, -0.2) is 0 Å². The summed E-state index contributed by atoms with van der Waals surface area (Å²) in [4.78, 5) is 15.6. The first-order chi connectivity index (χ1) is 7.59. The van der Waals surface area contributed by atoms with Crippen molar-refractivity contribution in [2.45, 2.75) is 19.8 Å². The Morgan fingerprint density at radius 2 is 2.06 bits per heavy atom. The Balaban J connectivity index is 2.62. The number of nitrogens with two attached hydrogens (primary N) is 1. The molecule has 0 aliphatic carbocycles. The molecule has 2 N–H and O–H groups in total. The molecule has 0 saturated carbocycles. The van der Waals surface area contributed by atoms with Crippen molar-refractivity contribution >= 4 is 16.7 Å². The van der Waals surface area contributed by atoms with E-state index < -0.39 is 0 Å². The van der Waals surface area contributed by atoms with Crippen LogP contribution in [0, 0.1) is 6.92 Å². The fourth-order valence-corrected chi connectivity index (χ4v) is 1.77. The Hall–Kier alpha value is -1.90. The SMILES string of the molecule is Cc1nc(C(C)C(N)=O)cc2ccccc12. The van der Waals surface area contributed by atoms with Crippen LogP contribution in [0.3, 0.4) is 0 Å². The summed E-state index contributed by atoms with van der Waals surface area (Å²) < 4.78 is 0. The molecule has 0 radical (unpaired) electrons. The number of fused-ring (bicyclic) bond motifs is 1. The topological polar surface area (TPSA) is 56.0 Å². The number of nitrogens with zero attached hydrogens (tertiary/aromatic N) is 1. The van der Waals surface area contributed by atoms with Crippen LogP contribution in [0.5, 0.6) is 0 Å². The third-order valence-electron chi connectivity index (χ3n) is 2.82. The molecule has 0 spiro atoms. The van der Waals surface area contributed by atoms with Gasteiger partial charge in [-0.05, 0) is 25.3 Å². The molecule has 1 heterocycles. The van der Waals surface area contributed by atoms with Crippen LogP contribution in [0.2, 0.25) is 0 Å². The summed E-state index contributed by atoms with van der Waals surface area (Å²) in [6.07, 6.45) is 0. The molecule has 0 aliphatic heterocycles. The van der Waals surface area contributed by atoms with E-state index in [-0.39, 0.29) is 11.8 Å². The van der Waals surface area contributed by atoms with Crippen molar-refractivity contribution in [1.82, 2.24) is 4.98 Å². The third kappa shape index (κ3) is 1.76. The average molecular weight is 214 g/mol. The summed E-state index contributed by atoms with van der Waals surface area (Å²) in [6.45, 7) is 3.72. The van der Waals surface area contributed by atoms with Gasteiger partial charge >= 0.3 is 0 Å². The third-order valence-corrected chi connectivity index (χ3v) is 2.82. The Labute approximate surface area is 94.3 Å². The molecule has 1 amide bonds. The number of aryl methyl sites for hydroxylation is 1. The van der Waals surface area contributed by atoms with E-state index in [1.807, 2.05) is 37.3 Å². The minimum absolute atomic E-state index is 0.344. The van der Waals surface area contributed by atoms with Gasteiger partial charge in [-0.3, -0.25) is 9.78 Å². The highest BCUT2D eigenvalue weighted by Crippen LogP contribution is 2.21. The molecule has 0 fully saturated rings. The summed E-state index contributed by atoms with van der Waals surface area (Å²) >= 11 is 0. The van der Waals surface area contributed by atoms with Gasteiger partial charge in [0, 0.05) is 11.1 Å². The van der Waals surface area contributed by atoms with Gasteiger partial charge in [0.15, 0.2) is 0 Å². The van der Waals surface area contributed by atoms with Crippen molar-refractivity contribution in [2.75, 3.05) is 0 Å². The molecule has 1 aromatic heterocycles. The van der Waals surface area contributed by atoms with Crippen molar-refractivity contribution in [3.8, 4) is 0 Å². The molecule has 0 bridgehead atoms. The largest absolute Gasteiger partial charge is 0.369 e. The lowest BCUT2D eigenvalue weighted by Crippen LogP contribution is -2.19. The molecular weight excluding hydrogens is 200 g/mol. The Morgan fingerprint density at radius 3 is 2.75 bits per heavy atom. The standard InChI is InChI=1S/C13H14N2O/c1-8(13(14)16)12-7-10-5-3-4-6-11(10)9(2)15-12/h3-8H,1-2H3,(H2,14,16). The highest BCUT2D eigenvalue weighted by atomic mass is 16.1. The first-order valence-corrected chi connectivity index (χ1v) is 5.25. The lowest BCUT2D eigenvalue weighted by atomic mass is 10.0. The summed E-state index contributed by atoms with van der Waals surface area (Å²) in [5.41, 5.74) is 6.95. The van der Waals surface area contributed by atoms with Crippen LogP contribution >= 0.6 is 0 Å². The van der Waals surface area contributed by atoms with Gasteiger partial charge in [0.05, 0.1) is 11.6 Å². The van der Waals surface area contributed by atoms with Gasteiger partial charge in [0.2, 0.25) is 5.91 Å². The lowest BCUT2D eigenvalue weighted by Gasteiger charge is -2.10. The Kier molecular flexibility index (Phi) is 2.60. The van der Waals surface area contributed by atoms with Crippen LogP contribution in [-0.4, -0.2) is 10.9 Å². The number of aromatic nitrogens is 1. The monoisotopic (exact) mass is 214 g/mol. The molecule has 82 valence electrons. The molecule has 2 aromatic rings. The molecule has 1 atom stereocenters. The van der Waals surface area contributed by atoms with E-state index in [9.17, 15) is 4.79 Å². The molecule has 0 aliphatic rings. The molecule has 3 heteroatoms. The van der Waals surface area contributed by atoms with Crippen LogP contribution in [-0.2, 0) is 4.79 Å². The molecule has 16 heavy (non-hydrogen) atoms. The molecule has 3 nitrogen and oxygen atoms in total. The number of pyridine rings is 1. The number of primary amides is 1. The first-order valence-electron chi connectivity index (χ1n) is 5.25. The van der Waals surface area contributed by atoms with Crippen LogP contribution in [0.15, 0.2) is 30.3 Å². The maximum Gasteiger partial charge on any atom is 0.226 e. The van der Waals surface area contributed by atoms with E-state index >= 15 is 0 Å². The minimum Gasteiger partial charge on any atom is -0.369 e. The van der Waals surface area contributed by atoms with Crippen molar-refractivity contribution in [1.29, 1.82) is 0 Å². The maximum atomic E-state index is 11.1. The summed E-state index contributed by atoms with van der Waals surface area (Å²) in [7, 11) is 0. The molecule has 1 aromatic carbocycles. The van der Waals surface area contributed by atoms with Gasteiger partial charge < -0.3 is 5.73 Å². The van der Waals surface area contributed by atoms with Gasteiger partial charge in [-0.1, -0.05) is 24.3 Å². The van der Waals surface area contributed by atoms with E-state index in [0.717, 1.165) is 22.2 Å². The number of rotatable bonds is 2. The summed E-state index contributed by atoms with van der Waals surface area (Å²) in [6, 6.07) is 9.92. The second kappa shape index (κ2) is 3.93. The highest BCUT2D eigenvalue weighted by Gasteiger charge is 2.14. The zero-order chi connectivity index (χ0) is 11.7. The van der Waals surface area contributed by atoms with Crippen molar-refractivity contribution in [2.24, 2.45) is 5.73 Å². The Bertz CT molecular complexity index is 549. The quantitative estimate of drug-likeness (QED) is 0.832. The minimum atomic E-state index is -0.345. The van der Waals surface area contributed by atoms with E-state index in [4.69, 9.17) is 5.73 Å². The second-order valence-electron chi connectivity index (χ2n) is 3.98. The molecule has 0 saturated heterocycles. The van der Waals surface area contributed by atoms with Crippen molar-refractivity contribution in [3.05, 3.63) is 41.7 Å². The number of amides is 1. The number of hydrogen-bond donors (Lipinski definition) is 1. The smallest absolute Gasteiger partial charge is 0.226 e. The van der Waals surface area contributed by atoms with Crippen LogP contribution in [0.25, 0.3) is 10.8 Å². The van der Waals surface area contributed by atoms with E-state index in [1.54, 1.807) is 6.92 Å². The lowest BCUT2D eigenvalue weighted by molar-refractivity contribution is -0.119. The fourth-order valence-electron chi connectivity index (χ4n) is 1.77. The zero-order valence-corrected chi connectivity index (χ0v) is 9.40. The van der Waals surface area contributed by atoms with E-state index in [1.165, 1.54) is 0 Å². The van der Waals surface area contributed by atoms with Gasteiger partial charge in [-0.2, -0.15) is 0 Å². The molecule has 1 unspecified atom stereocenters. The van der Waals surface area contributed by atoms with Crippen LogP contribution in [0.1, 0.15) is 24.2 Å². The van der Waals surface area contributed by atoms with Gasteiger partial charge in [-0.15, -0.1) is 0 Å². The fraction of sp³-hybridized carbons (Fsp3) is 0.231. The van der Waals surface area contributed by atoms with Crippen LogP contribution < -0.4 is 5.73 Å². The summed E-state index contributed by atoms with van der Waals surface area (Å²) in [5, 5.41) is 2.21. The maximum absolute atomic E-state index is 11.1. The van der Waals surface area contributed by atoms with Crippen LogP contribution in [0.4, 0.5) is 0 Å². The number of carbonyl (C=O) groups is 1. The van der Waals surface area contributed by atoms with E-state index in [0.29, 0.717) is 0 Å². The number of carbonyl (C=O) groups excluding carboxylic acids is 1. The summed E-state index contributed by atoms with van der Waals surface area (Å²) in [5.74, 6) is -0.689. The first kappa shape index (κ1) is 10.6. The Morgan fingerprint density at radius 1 is 1.38 bits per heavy atom. The molecule has 2 rings (SSSR count). The number of benzene rings is 1. The van der Waals surface area contributed by atoms with Gasteiger partial charge in [0.25, 0.3) is 0 Å². The average Bonchev–Trinajstić information content (AvgIpc) is 2.28. The zero-order valence-electron chi connectivity index (χ0n) is 9.40.